The molecule has 0 aliphatic carbocycles. The normalized spacial score (nSPS) is 17.2. The molecule has 1 atom stereocenters. The highest BCUT2D eigenvalue weighted by Gasteiger charge is 2.32. The zero-order chi connectivity index (χ0) is 18.0. The van der Waals surface area contributed by atoms with Gasteiger partial charge in [-0.25, -0.2) is 0 Å². The highest BCUT2D eigenvalue weighted by atomic mass is 16.5. The van der Waals surface area contributed by atoms with Crippen LogP contribution < -0.4 is 0 Å². The Morgan fingerprint density at radius 2 is 2.16 bits per heavy atom. The van der Waals surface area contributed by atoms with Crippen molar-refractivity contribution >= 4 is 11.8 Å². The van der Waals surface area contributed by atoms with Crippen molar-refractivity contribution < 1.29 is 14.3 Å². The molecule has 3 rings (SSSR count). The van der Waals surface area contributed by atoms with Gasteiger partial charge >= 0.3 is 5.97 Å². The highest BCUT2D eigenvalue weighted by molar-refractivity contribution is 6.08. The molecular formula is C20H26N2O3. The molecule has 0 spiro atoms. The zero-order valence-electron chi connectivity index (χ0n) is 15.2. The Morgan fingerprint density at radius 1 is 1.36 bits per heavy atom. The van der Waals surface area contributed by atoms with E-state index in [9.17, 15) is 9.59 Å². The second-order valence-electron chi connectivity index (χ2n) is 6.90. The van der Waals surface area contributed by atoms with E-state index in [2.05, 4.69) is 9.55 Å². The number of aryl methyl sites for hydroxylation is 1. The molecule has 3 heterocycles. The van der Waals surface area contributed by atoms with Crippen LogP contribution in [0.2, 0.25) is 0 Å². The van der Waals surface area contributed by atoms with Crippen molar-refractivity contribution in [1.29, 1.82) is 0 Å². The standard InChI is InChI=1S/C20H26N2O3/c1-4-14-12-17-15(20(24)25-13(2)3)8-5-6-11-22(17)18(14)19(23)16-9-7-10-21-16/h7,9-10,12-13,15,21H,4-6,8,11H2,1-3H3. The van der Waals surface area contributed by atoms with Gasteiger partial charge in [-0.15, -0.1) is 0 Å². The van der Waals surface area contributed by atoms with Gasteiger partial charge < -0.3 is 14.3 Å². The van der Waals surface area contributed by atoms with Crippen LogP contribution in [0.15, 0.2) is 24.4 Å². The monoisotopic (exact) mass is 342 g/mol. The van der Waals surface area contributed by atoms with Gasteiger partial charge in [-0.2, -0.15) is 0 Å². The minimum atomic E-state index is -0.291. The molecule has 0 saturated carbocycles. The maximum absolute atomic E-state index is 13.0. The quantitative estimate of drug-likeness (QED) is 0.663. The number of nitrogens with one attached hydrogen (secondary N) is 1. The van der Waals surface area contributed by atoms with E-state index < -0.39 is 0 Å². The maximum atomic E-state index is 13.0. The number of aromatic amines is 1. The molecule has 1 unspecified atom stereocenters. The average molecular weight is 342 g/mol. The largest absolute Gasteiger partial charge is 0.462 e. The van der Waals surface area contributed by atoms with Crippen LogP contribution in [-0.2, 0) is 22.5 Å². The van der Waals surface area contributed by atoms with E-state index in [4.69, 9.17) is 4.74 Å². The van der Waals surface area contributed by atoms with Gasteiger partial charge in [0.2, 0.25) is 5.78 Å². The first kappa shape index (κ1) is 17.5. The summed E-state index contributed by atoms with van der Waals surface area (Å²) in [6.45, 7) is 6.54. The lowest BCUT2D eigenvalue weighted by molar-refractivity contribution is -0.149. The number of rotatable bonds is 5. The molecule has 134 valence electrons. The van der Waals surface area contributed by atoms with Gasteiger partial charge in [0.25, 0.3) is 0 Å². The molecule has 1 aliphatic rings. The predicted molar refractivity (Wildman–Crippen MR) is 95.9 cm³/mol. The molecule has 0 fully saturated rings. The van der Waals surface area contributed by atoms with Crippen LogP contribution >= 0.6 is 0 Å². The fourth-order valence-electron chi connectivity index (χ4n) is 3.61. The van der Waals surface area contributed by atoms with E-state index in [0.29, 0.717) is 11.4 Å². The molecule has 0 radical (unpaired) electrons. The number of aromatic nitrogens is 2. The average Bonchev–Trinajstić information content (AvgIpc) is 3.17. The molecule has 0 bridgehead atoms. The maximum Gasteiger partial charge on any atom is 0.315 e. The molecule has 5 nitrogen and oxygen atoms in total. The van der Waals surface area contributed by atoms with Crippen LogP contribution in [0.25, 0.3) is 0 Å². The Kier molecular flexibility index (Phi) is 5.11. The summed E-state index contributed by atoms with van der Waals surface area (Å²) in [6, 6.07) is 5.66. The first-order chi connectivity index (χ1) is 12.0. The van der Waals surface area contributed by atoms with Crippen LogP contribution in [-0.4, -0.2) is 27.4 Å². The predicted octanol–water partition coefficient (Wildman–Crippen LogP) is 3.83. The minimum Gasteiger partial charge on any atom is -0.462 e. The summed E-state index contributed by atoms with van der Waals surface area (Å²) >= 11 is 0. The summed E-state index contributed by atoms with van der Waals surface area (Å²) in [5, 5.41) is 0. The number of carbonyl (C=O) groups is 2. The second kappa shape index (κ2) is 7.30. The molecule has 1 N–H and O–H groups in total. The van der Waals surface area contributed by atoms with Crippen molar-refractivity contribution in [2.24, 2.45) is 0 Å². The number of ketones is 1. The van der Waals surface area contributed by atoms with Gasteiger partial charge in [-0.1, -0.05) is 13.3 Å². The number of hydrogen-bond acceptors (Lipinski definition) is 3. The van der Waals surface area contributed by atoms with Gasteiger partial charge in [0.1, 0.15) is 0 Å². The number of H-pyrrole nitrogens is 1. The van der Waals surface area contributed by atoms with Crippen LogP contribution in [0, 0.1) is 0 Å². The van der Waals surface area contributed by atoms with Gasteiger partial charge in [-0.3, -0.25) is 9.59 Å². The fraction of sp³-hybridized carbons (Fsp3) is 0.500. The summed E-state index contributed by atoms with van der Waals surface area (Å²) in [5.74, 6) is -0.483. The van der Waals surface area contributed by atoms with Crippen molar-refractivity contribution in [3.63, 3.8) is 0 Å². The van der Waals surface area contributed by atoms with Gasteiger partial charge in [0.15, 0.2) is 0 Å². The Bertz CT molecular complexity index is 756. The van der Waals surface area contributed by atoms with Gasteiger partial charge in [0.05, 0.1) is 23.4 Å². The third kappa shape index (κ3) is 3.41. The Hall–Kier alpha value is -2.30. The lowest BCUT2D eigenvalue weighted by Gasteiger charge is -2.17. The van der Waals surface area contributed by atoms with Crippen molar-refractivity contribution in [2.45, 2.75) is 65.0 Å². The summed E-state index contributed by atoms with van der Waals surface area (Å²) in [4.78, 5) is 28.6. The number of hydrogen-bond donors (Lipinski definition) is 1. The van der Waals surface area contributed by atoms with E-state index in [0.717, 1.165) is 43.5 Å². The number of esters is 1. The minimum absolute atomic E-state index is 0.00835. The Morgan fingerprint density at radius 3 is 2.80 bits per heavy atom. The smallest absolute Gasteiger partial charge is 0.315 e. The molecule has 0 aromatic carbocycles. The van der Waals surface area contributed by atoms with E-state index in [-0.39, 0.29) is 23.8 Å². The zero-order valence-corrected chi connectivity index (χ0v) is 15.2. The molecule has 1 aliphatic heterocycles. The Balaban J connectivity index is 2.05. The fourth-order valence-corrected chi connectivity index (χ4v) is 3.61. The molecule has 25 heavy (non-hydrogen) atoms. The molecule has 5 heteroatoms. The van der Waals surface area contributed by atoms with Crippen molar-refractivity contribution in [3.05, 3.63) is 47.0 Å². The number of nitrogens with zero attached hydrogens (tertiary/aromatic N) is 1. The summed E-state index contributed by atoms with van der Waals surface area (Å²) in [5.41, 5.74) is 3.22. The third-order valence-electron chi connectivity index (χ3n) is 4.76. The van der Waals surface area contributed by atoms with Crippen molar-refractivity contribution in [3.8, 4) is 0 Å². The third-order valence-corrected chi connectivity index (χ3v) is 4.76. The second-order valence-corrected chi connectivity index (χ2v) is 6.90. The highest BCUT2D eigenvalue weighted by Crippen LogP contribution is 2.33. The van der Waals surface area contributed by atoms with Crippen LogP contribution in [0.4, 0.5) is 0 Å². The molecule has 2 aromatic rings. The molecule has 0 saturated heterocycles. The Labute approximate surface area is 148 Å². The summed E-state index contributed by atoms with van der Waals surface area (Å²) in [6.07, 6.45) is 5.07. The SMILES string of the molecule is CCc1cc2n(c1C(=O)c1ccc[nH]1)CCCCC2C(=O)OC(C)C. The van der Waals surface area contributed by atoms with Crippen LogP contribution in [0.5, 0.6) is 0 Å². The van der Waals surface area contributed by atoms with E-state index in [1.807, 2.05) is 32.9 Å². The first-order valence-corrected chi connectivity index (χ1v) is 9.13. The van der Waals surface area contributed by atoms with Crippen molar-refractivity contribution in [2.75, 3.05) is 0 Å². The number of carbonyl (C=O) groups excluding carboxylic acids is 2. The molecule has 0 amide bonds. The lowest BCUT2D eigenvalue weighted by Crippen LogP contribution is -2.22. The van der Waals surface area contributed by atoms with E-state index >= 15 is 0 Å². The van der Waals surface area contributed by atoms with E-state index in [1.54, 1.807) is 12.3 Å². The van der Waals surface area contributed by atoms with Gasteiger partial charge in [-0.05, 0) is 56.9 Å². The van der Waals surface area contributed by atoms with E-state index in [1.165, 1.54) is 0 Å². The summed E-state index contributed by atoms with van der Waals surface area (Å²) in [7, 11) is 0. The van der Waals surface area contributed by atoms with Gasteiger partial charge in [0, 0.05) is 18.4 Å². The van der Waals surface area contributed by atoms with Crippen LogP contribution in [0.3, 0.4) is 0 Å². The lowest BCUT2D eigenvalue weighted by atomic mass is 9.99. The topological polar surface area (TPSA) is 64.1 Å². The van der Waals surface area contributed by atoms with Crippen molar-refractivity contribution in [1.82, 2.24) is 9.55 Å². The number of ether oxygens (including phenoxy) is 1. The molecular weight excluding hydrogens is 316 g/mol. The van der Waals surface area contributed by atoms with Crippen LogP contribution in [0.1, 0.15) is 73.4 Å². The first-order valence-electron chi connectivity index (χ1n) is 9.13. The summed E-state index contributed by atoms with van der Waals surface area (Å²) < 4.78 is 7.53. The number of fused-ring (bicyclic) bond motifs is 1. The molecule has 2 aromatic heterocycles.